The predicted molar refractivity (Wildman–Crippen MR) is 406 cm³/mol. The molecule has 0 aliphatic rings. The van der Waals surface area contributed by atoms with E-state index in [0.717, 1.165) is 89.3 Å². The zero-order valence-electron chi connectivity index (χ0n) is 59.6. The second-order valence-corrected chi connectivity index (χ2v) is 25.1. The van der Waals surface area contributed by atoms with Gasteiger partial charge in [0.2, 0.25) is 0 Å². The number of hydrogen-bond acceptors (Lipinski definition) is 18. The molecule has 2 amide bonds. The number of carbonyl (C=O) groups excluding carboxylic acids is 2. The molecule has 12 aromatic rings. The third-order valence-corrected chi connectivity index (χ3v) is 17.2. The Morgan fingerprint density at radius 3 is 0.858 bits per heavy atom. The second kappa shape index (κ2) is 37.8. The number of rotatable bonds is 34. The van der Waals surface area contributed by atoms with Crippen molar-refractivity contribution in [2.75, 3.05) is 54.7 Å². The largest absolute Gasteiger partial charge is 0.508 e. The first-order chi connectivity index (χ1) is 51.7. The van der Waals surface area contributed by atoms with Crippen molar-refractivity contribution >= 4 is 55.3 Å². The van der Waals surface area contributed by atoms with E-state index in [0.29, 0.717) is 116 Å². The molecule has 0 bridgehead atoms. The van der Waals surface area contributed by atoms with E-state index in [1.165, 1.54) is 36.4 Å². The summed E-state index contributed by atoms with van der Waals surface area (Å²) in [4.78, 5) is 25.2. The first kappa shape index (κ1) is 74.9. The van der Waals surface area contributed by atoms with Gasteiger partial charge in [-0.3, -0.25) is 0 Å². The van der Waals surface area contributed by atoms with Gasteiger partial charge in [-0.05, 0) is 187 Å². The fourth-order valence-corrected chi connectivity index (χ4v) is 12.1. The van der Waals surface area contributed by atoms with Crippen LogP contribution in [0.1, 0.15) is 70.2 Å². The van der Waals surface area contributed by atoms with Crippen molar-refractivity contribution < 1.29 is 86.9 Å². The van der Waals surface area contributed by atoms with Crippen LogP contribution in [0.2, 0.25) is 0 Å². The molecule has 12 aromatic carbocycles. The Balaban J connectivity index is 0.000000212. The Bertz CT molecular complexity index is 4600. The monoisotopic (exact) mass is 1430 g/mol. The highest BCUT2D eigenvalue weighted by Crippen LogP contribution is 2.34. The quantitative estimate of drug-likeness (QED) is 0.0162. The second-order valence-electron chi connectivity index (χ2n) is 25.1. The molecule has 20 heteroatoms. The lowest BCUT2D eigenvalue weighted by atomic mass is 9.97. The van der Waals surface area contributed by atoms with Gasteiger partial charge in [0.1, 0.15) is 109 Å². The Labute approximate surface area is 615 Å². The summed E-state index contributed by atoms with van der Waals surface area (Å²) in [7, 11) is 6.46. The van der Waals surface area contributed by atoms with E-state index in [4.69, 9.17) is 56.8 Å². The van der Waals surface area contributed by atoms with Crippen LogP contribution in [0.4, 0.5) is 9.59 Å². The molecule has 548 valence electrons. The van der Waals surface area contributed by atoms with Crippen molar-refractivity contribution in [3.8, 4) is 69.0 Å². The summed E-state index contributed by atoms with van der Waals surface area (Å²) in [6.07, 6.45) is 1.97. The summed E-state index contributed by atoms with van der Waals surface area (Å²) in [5, 5.41) is 53.7. The van der Waals surface area contributed by atoms with Crippen molar-refractivity contribution in [1.82, 2.24) is 10.6 Å². The Hall–Kier alpha value is -12.3. The minimum absolute atomic E-state index is 0.0733. The lowest BCUT2D eigenvalue weighted by Gasteiger charge is -2.15. The molecule has 0 aromatic heterocycles. The van der Waals surface area contributed by atoms with Crippen LogP contribution in [-0.2, 0) is 71.8 Å². The average Bonchev–Trinajstić information content (AvgIpc) is 0.782. The van der Waals surface area contributed by atoms with Crippen molar-refractivity contribution in [2.24, 2.45) is 0 Å². The maximum Gasteiger partial charge on any atom is 0.407 e. The summed E-state index contributed by atoms with van der Waals surface area (Å²) in [5.41, 5.74) is 6.59. The fourth-order valence-electron chi connectivity index (χ4n) is 12.1. The van der Waals surface area contributed by atoms with Crippen LogP contribution in [-0.4, -0.2) is 87.4 Å². The van der Waals surface area contributed by atoms with Crippen LogP contribution >= 0.6 is 0 Å². The van der Waals surface area contributed by atoms with E-state index in [1.807, 2.05) is 127 Å². The van der Waals surface area contributed by atoms with Crippen molar-refractivity contribution in [3.05, 3.63) is 263 Å². The molecule has 0 heterocycles. The fraction of sp³-hybridized carbons (Fsp3) is 0.233. The summed E-state index contributed by atoms with van der Waals surface area (Å²) >= 11 is 0. The number of aromatic hydroxyl groups is 4. The molecule has 0 spiro atoms. The molecule has 12 rings (SSSR count). The number of methoxy groups -OCH3 is 4. The van der Waals surface area contributed by atoms with Gasteiger partial charge in [-0.1, -0.05) is 97.1 Å². The van der Waals surface area contributed by atoms with Crippen LogP contribution in [0, 0.1) is 0 Å². The first-order valence-corrected chi connectivity index (χ1v) is 34.8. The molecular weight excluding hydrogens is 1350 g/mol. The van der Waals surface area contributed by atoms with Crippen molar-refractivity contribution in [1.29, 1.82) is 0 Å². The molecule has 0 aliphatic heterocycles. The number of unbranched alkanes of at least 4 members (excludes halogenated alkanes) is 2. The topological polar surface area (TPSA) is 250 Å². The predicted octanol–water partition coefficient (Wildman–Crippen LogP) is 17.6. The number of phenols is 4. The van der Waals surface area contributed by atoms with Gasteiger partial charge in [0.05, 0.1) is 41.7 Å². The van der Waals surface area contributed by atoms with Gasteiger partial charge in [0.15, 0.2) is 0 Å². The van der Waals surface area contributed by atoms with Crippen LogP contribution in [0.15, 0.2) is 218 Å². The summed E-state index contributed by atoms with van der Waals surface area (Å²) < 4.78 is 69.3. The maximum atomic E-state index is 12.6. The number of hydrogen-bond donors (Lipinski definition) is 6. The number of carbonyl (C=O) groups is 2. The van der Waals surface area contributed by atoms with E-state index in [-0.39, 0.29) is 56.0 Å². The SMILES string of the molecule is COc1cc(COc2cc(COCCCCNC(=O)OCc3c4ccccc4cc4ccccc34)cc(OCc3cc(OC)cc(OC)c3)c2)cc(OC)c1.O=C(NCCCCOCc1cc(OCc2cc(O)cc(O)c2)cc(OCc2cc(O)cc(O)c2)c1)OCc1c2ccccc2cc2ccccc12. The molecule has 0 saturated heterocycles. The molecule has 106 heavy (non-hydrogen) atoms. The Morgan fingerprint density at radius 1 is 0.292 bits per heavy atom. The van der Waals surface area contributed by atoms with Gasteiger partial charge in [-0.25, -0.2) is 9.59 Å². The number of ether oxygens (including phenoxy) is 12. The van der Waals surface area contributed by atoms with Gasteiger partial charge in [-0.2, -0.15) is 0 Å². The van der Waals surface area contributed by atoms with Gasteiger partial charge >= 0.3 is 12.2 Å². The highest BCUT2D eigenvalue weighted by molar-refractivity contribution is 6.03. The highest BCUT2D eigenvalue weighted by atomic mass is 16.6. The smallest absolute Gasteiger partial charge is 0.407 e. The number of fused-ring (bicyclic) bond motifs is 4. The lowest BCUT2D eigenvalue weighted by Crippen LogP contribution is -2.25. The van der Waals surface area contributed by atoms with E-state index in [2.05, 4.69) is 59.2 Å². The molecule has 0 unspecified atom stereocenters. The van der Waals surface area contributed by atoms with E-state index in [1.54, 1.807) is 34.5 Å². The lowest BCUT2D eigenvalue weighted by molar-refractivity contribution is 0.115. The molecule has 0 atom stereocenters. The third-order valence-electron chi connectivity index (χ3n) is 17.2. The maximum absolute atomic E-state index is 12.6. The number of alkyl carbamates (subject to hydrolysis) is 2. The highest BCUT2D eigenvalue weighted by Gasteiger charge is 2.16. The minimum Gasteiger partial charge on any atom is -0.508 e. The minimum atomic E-state index is -0.473. The number of phenolic OH excluding ortho intramolecular Hbond substituents is 4. The normalized spacial score (nSPS) is 11.0. The first-order valence-electron chi connectivity index (χ1n) is 34.8. The molecule has 0 saturated carbocycles. The Morgan fingerprint density at radius 2 is 0.557 bits per heavy atom. The van der Waals surface area contributed by atoms with Gasteiger partial charge < -0.3 is 87.9 Å². The van der Waals surface area contributed by atoms with Gasteiger partial charge in [0, 0.05) is 73.8 Å². The van der Waals surface area contributed by atoms with Crippen LogP contribution < -0.4 is 48.5 Å². The van der Waals surface area contributed by atoms with Gasteiger partial charge in [0.25, 0.3) is 0 Å². The number of amides is 2. The third kappa shape index (κ3) is 21.9. The molecule has 0 aliphatic carbocycles. The van der Waals surface area contributed by atoms with Crippen LogP contribution in [0.3, 0.4) is 0 Å². The molecular formula is C86H86N2O18. The Kier molecular flexibility index (Phi) is 26.7. The zero-order valence-corrected chi connectivity index (χ0v) is 59.6. The van der Waals surface area contributed by atoms with Crippen molar-refractivity contribution in [2.45, 2.75) is 78.5 Å². The van der Waals surface area contributed by atoms with Crippen molar-refractivity contribution in [3.63, 3.8) is 0 Å². The van der Waals surface area contributed by atoms with Gasteiger partial charge in [-0.15, -0.1) is 0 Å². The molecule has 20 nitrogen and oxygen atoms in total. The average molecular weight is 1440 g/mol. The number of benzene rings is 12. The van der Waals surface area contributed by atoms with Crippen LogP contribution in [0.5, 0.6) is 69.0 Å². The van der Waals surface area contributed by atoms with E-state index < -0.39 is 12.2 Å². The van der Waals surface area contributed by atoms with E-state index >= 15 is 0 Å². The summed E-state index contributed by atoms with van der Waals surface area (Å²) in [6, 6.07) is 67.6. The molecule has 0 fully saturated rings. The summed E-state index contributed by atoms with van der Waals surface area (Å²) in [5.74, 6) is 4.64. The van der Waals surface area contributed by atoms with Crippen LogP contribution in [0.25, 0.3) is 43.1 Å². The number of nitrogens with one attached hydrogen (secondary N) is 2. The van der Waals surface area contributed by atoms with E-state index in [9.17, 15) is 30.0 Å². The molecule has 0 radical (unpaired) electrons. The summed E-state index contributed by atoms with van der Waals surface area (Å²) in [6.45, 7) is 3.59. The zero-order chi connectivity index (χ0) is 74.0. The molecule has 6 N–H and O–H groups in total. The standard InChI is InChI=1S/C45H47NO9.C41H39NO9/c1-48-36-17-32(18-37(24-36)49-2)28-53-40-21-31(22-41(26-40)54-29-33-19-38(50-3)25-39(20-33)51-4)27-52-16-10-9-15-46-45(47)55-30-44-42-13-7-5-11-34(42)23-35-12-6-8-14-43(35)44;43-32-13-27(14-33(44)20-32)24-49-36-17-29(18-37(22-36)50-25-28-15-34(45)21-35(46)16-28)23-48-12-6-5-11-42-41(47)51-26-40-38-9-3-1-7-30(38)19-31-8-2-4-10-39(31)40/h5-8,11-14,17-26H,9-10,15-16,27-30H2,1-4H3,(H,46,47);1-4,7-10,13-22,43-46H,5-6,11-12,23-26H2,(H,42,47).